The van der Waals surface area contributed by atoms with Crippen molar-refractivity contribution >= 4 is 5.69 Å². The minimum Gasteiger partial charge on any atom is -0.459 e. The lowest BCUT2D eigenvalue weighted by atomic mass is 10.4. The van der Waals surface area contributed by atoms with E-state index in [4.69, 9.17) is 8.83 Å². The highest BCUT2D eigenvalue weighted by Gasteiger charge is 2.19. The molecule has 3 aromatic heterocycles. The molecule has 0 unspecified atom stereocenters. The molecule has 0 fully saturated rings. The molecule has 0 amide bonds. The Hall–Kier alpha value is -2.90. The Morgan fingerprint density at radius 3 is 2.79 bits per heavy atom. The summed E-state index contributed by atoms with van der Waals surface area (Å²) in [5.41, 5.74) is 0.437. The Bertz CT molecular complexity index is 726. The molecule has 0 N–H and O–H groups in total. The highest BCUT2D eigenvalue weighted by Crippen LogP contribution is 2.27. The van der Waals surface area contributed by atoms with Crippen molar-refractivity contribution in [2.24, 2.45) is 7.05 Å². The third kappa shape index (κ3) is 1.88. The highest BCUT2D eigenvalue weighted by atomic mass is 16.6. The van der Waals surface area contributed by atoms with E-state index in [0.717, 1.165) is 0 Å². The first kappa shape index (κ1) is 11.2. The molecule has 19 heavy (non-hydrogen) atoms. The summed E-state index contributed by atoms with van der Waals surface area (Å²) < 4.78 is 12.1. The first-order chi connectivity index (χ1) is 9.15. The van der Waals surface area contributed by atoms with E-state index in [2.05, 4.69) is 10.2 Å². The maximum Gasteiger partial charge on any atom is 0.287 e. The molecule has 0 bridgehead atoms. The summed E-state index contributed by atoms with van der Waals surface area (Å²) in [6, 6.07) is 4.76. The van der Waals surface area contributed by atoms with Crippen LogP contribution in [0.4, 0.5) is 5.69 Å². The fourth-order valence-electron chi connectivity index (χ4n) is 1.69. The Labute approximate surface area is 106 Å². The van der Waals surface area contributed by atoms with E-state index in [1.807, 2.05) is 0 Å². The van der Waals surface area contributed by atoms with Gasteiger partial charge in [0.2, 0.25) is 0 Å². The summed E-state index contributed by atoms with van der Waals surface area (Å²) in [4.78, 5) is 10.2. The summed E-state index contributed by atoms with van der Waals surface area (Å²) in [6.07, 6.45) is 2.87. The van der Waals surface area contributed by atoms with Gasteiger partial charge in [-0.3, -0.25) is 10.1 Å². The topological polar surface area (TPSA) is 100 Å². The Balaban J connectivity index is 2.01. The monoisotopic (exact) mass is 260 g/mol. The zero-order valence-electron chi connectivity index (χ0n) is 9.81. The van der Waals surface area contributed by atoms with Crippen LogP contribution in [-0.2, 0) is 7.05 Å². The van der Waals surface area contributed by atoms with Crippen LogP contribution in [-0.4, -0.2) is 19.7 Å². The van der Waals surface area contributed by atoms with Crippen molar-refractivity contribution in [1.29, 1.82) is 0 Å². The van der Waals surface area contributed by atoms with Gasteiger partial charge in [0.1, 0.15) is 5.69 Å². The molecule has 3 heterocycles. The predicted molar refractivity (Wildman–Crippen MR) is 63.1 cm³/mol. The van der Waals surface area contributed by atoms with Gasteiger partial charge in [0.15, 0.2) is 5.76 Å². The van der Waals surface area contributed by atoms with Gasteiger partial charge >= 0.3 is 0 Å². The van der Waals surface area contributed by atoms with Gasteiger partial charge in [-0.1, -0.05) is 0 Å². The molecule has 8 heteroatoms. The fourth-order valence-corrected chi connectivity index (χ4v) is 1.69. The number of furan rings is 1. The Morgan fingerprint density at radius 1 is 1.37 bits per heavy atom. The van der Waals surface area contributed by atoms with Crippen LogP contribution >= 0.6 is 0 Å². The summed E-state index contributed by atoms with van der Waals surface area (Å²) >= 11 is 0. The third-order valence-electron chi connectivity index (χ3n) is 2.58. The molecule has 3 rings (SSSR count). The normalized spacial score (nSPS) is 10.8. The van der Waals surface area contributed by atoms with Crippen molar-refractivity contribution in [3.63, 3.8) is 0 Å². The lowest BCUT2D eigenvalue weighted by molar-refractivity contribution is -0.384. The molecule has 0 aliphatic carbocycles. The Morgan fingerprint density at radius 2 is 2.16 bits per heavy atom. The smallest absolute Gasteiger partial charge is 0.287 e. The molecule has 0 saturated heterocycles. The second-order valence-electron chi connectivity index (χ2n) is 3.84. The quantitative estimate of drug-likeness (QED) is 0.528. The van der Waals surface area contributed by atoms with Gasteiger partial charge < -0.3 is 13.4 Å². The molecule has 0 radical (unpaired) electrons. The van der Waals surface area contributed by atoms with Crippen LogP contribution < -0.4 is 0 Å². The fraction of sp³-hybridized carbons (Fsp3) is 0.0909. The first-order valence-electron chi connectivity index (χ1n) is 5.33. The Kier molecular flexibility index (Phi) is 2.41. The van der Waals surface area contributed by atoms with Gasteiger partial charge in [0.05, 0.1) is 17.4 Å². The maximum atomic E-state index is 10.7. The zero-order valence-corrected chi connectivity index (χ0v) is 9.81. The van der Waals surface area contributed by atoms with Gasteiger partial charge in [-0.15, -0.1) is 10.2 Å². The van der Waals surface area contributed by atoms with Crippen LogP contribution in [0, 0.1) is 10.1 Å². The van der Waals surface area contributed by atoms with Crippen LogP contribution in [0.15, 0.2) is 39.5 Å². The predicted octanol–water partition coefficient (Wildman–Crippen LogP) is 2.24. The summed E-state index contributed by atoms with van der Waals surface area (Å²) in [7, 11) is 1.67. The van der Waals surface area contributed by atoms with Gasteiger partial charge in [-0.05, 0) is 12.1 Å². The van der Waals surface area contributed by atoms with Gasteiger partial charge in [0.25, 0.3) is 17.5 Å². The van der Waals surface area contributed by atoms with Gasteiger partial charge in [0, 0.05) is 13.1 Å². The van der Waals surface area contributed by atoms with Crippen molar-refractivity contribution in [1.82, 2.24) is 14.8 Å². The SMILES string of the molecule is Cn1cc([N+](=O)[O-])cc1-c1nnc(-c2ccco2)o1. The van der Waals surface area contributed by atoms with E-state index in [1.54, 1.807) is 23.7 Å². The molecule has 0 spiro atoms. The molecule has 0 atom stereocenters. The van der Waals surface area contributed by atoms with Gasteiger partial charge in [-0.2, -0.15) is 0 Å². The van der Waals surface area contributed by atoms with Crippen molar-refractivity contribution in [2.75, 3.05) is 0 Å². The first-order valence-corrected chi connectivity index (χ1v) is 5.33. The molecular weight excluding hydrogens is 252 g/mol. The second-order valence-corrected chi connectivity index (χ2v) is 3.84. The number of nitrogens with zero attached hydrogens (tertiary/aromatic N) is 4. The molecule has 0 aromatic carbocycles. The van der Waals surface area contributed by atoms with Crippen molar-refractivity contribution < 1.29 is 13.8 Å². The van der Waals surface area contributed by atoms with E-state index in [9.17, 15) is 10.1 Å². The van der Waals surface area contributed by atoms with Crippen molar-refractivity contribution in [3.05, 3.63) is 40.8 Å². The number of rotatable bonds is 3. The molecule has 0 aliphatic rings. The second kappa shape index (κ2) is 4.09. The van der Waals surface area contributed by atoms with Crippen LogP contribution in [0.25, 0.3) is 23.2 Å². The lowest BCUT2D eigenvalue weighted by Gasteiger charge is -1.94. The number of nitro groups is 1. The summed E-state index contributed by atoms with van der Waals surface area (Å²) in [5.74, 6) is 0.869. The van der Waals surface area contributed by atoms with Crippen molar-refractivity contribution in [2.45, 2.75) is 0 Å². The molecule has 3 aromatic rings. The van der Waals surface area contributed by atoms with Crippen molar-refractivity contribution in [3.8, 4) is 23.2 Å². The van der Waals surface area contributed by atoms with Crippen LogP contribution in [0.5, 0.6) is 0 Å². The minimum atomic E-state index is -0.479. The molecule has 0 saturated carbocycles. The number of aryl methyl sites for hydroxylation is 1. The molecular formula is C11H8N4O4. The number of hydrogen-bond acceptors (Lipinski definition) is 6. The van der Waals surface area contributed by atoms with E-state index in [0.29, 0.717) is 11.5 Å². The molecule has 0 aliphatic heterocycles. The summed E-state index contributed by atoms with van der Waals surface area (Å²) in [5, 5.41) is 18.4. The van der Waals surface area contributed by atoms with Crippen LogP contribution in [0.2, 0.25) is 0 Å². The minimum absolute atomic E-state index is 0.0322. The van der Waals surface area contributed by atoms with E-state index < -0.39 is 4.92 Å². The van der Waals surface area contributed by atoms with Gasteiger partial charge in [-0.25, -0.2) is 0 Å². The van der Waals surface area contributed by atoms with Crippen LogP contribution in [0.3, 0.4) is 0 Å². The molecule has 96 valence electrons. The lowest BCUT2D eigenvalue weighted by Crippen LogP contribution is -1.89. The average molecular weight is 260 g/mol. The largest absolute Gasteiger partial charge is 0.459 e. The zero-order chi connectivity index (χ0) is 13.4. The number of aromatic nitrogens is 3. The summed E-state index contributed by atoms with van der Waals surface area (Å²) in [6.45, 7) is 0. The third-order valence-corrected chi connectivity index (χ3v) is 2.58. The average Bonchev–Trinajstić information content (AvgIpc) is 3.07. The highest BCUT2D eigenvalue weighted by molar-refractivity contribution is 5.56. The standard InChI is InChI=1S/C11H8N4O4/c1-14-6-7(15(16)17)5-8(14)10-12-13-11(19-10)9-3-2-4-18-9/h2-6H,1H3. The van der Waals surface area contributed by atoms with E-state index in [-0.39, 0.29) is 17.5 Å². The van der Waals surface area contributed by atoms with E-state index in [1.165, 1.54) is 18.5 Å². The molecule has 8 nitrogen and oxygen atoms in total. The number of hydrogen-bond donors (Lipinski definition) is 0. The van der Waals surface area contributed by atoms with Crippen LogP contribution in [0.1, 0.15) is 0 Å². The maximum absolute atomic E-state index is 10.7. The van der Waals surface area contributed by atoms with E-state index >= 15 is 0 Å².